The Morgan fingerprint density at radius 3 is 2.88 bits per heavy atom. The summed E-state index contributed by atoms with van der Waals surface area (Å²) >= 11 is 1.60. The van der Waals surface area contributed by atoms with Crippen LogP contribution in [0.25, 0.3) is 5.82 Å². The molecule has 3 rings (SSSR count). The van der Waals surface area contributed by atoms with Crippen LogP contribution in [0.2, 0.25) is 0 Å². The third kappa shape index (κ3) is 3.77. The Morgan fingerprint density at radius 1 is 1.38 bits per heavy atom. The van der Waals surface area contributed by atoms with Crippen LogP contribution in [0.1, 0.15) is 17.8 Å². The minimum Gasteiger partial charge on any atom is -0.327 e. The van der Waals surface area contributed by atoms with Gasteiger partial charge in [0.2, 0.25) is 0 Å². The predicted octanol–water partition coefficient (Wildman–Crippen LogP) is 2.99. The first-order valence-corrected chi connectivity index (χ1v) is 8.39. The molecule has 3 aromatic rings. The van der Waals surface area contributed by atoms with Crippen LogP contribution < -0.4 is 5.32 Å². The molecule has 2 amide bonds. The SMILES string of the molecule is C[C@H](CN(C)C(=O)Nc1ccc(-n2cccn2)nc1)c1nccs1. The fourth-order valence-corrected chi connectivity index (χ4v) is 2.96. The van der Waals surface area contributed by atoms with Crippen LogP contribution in [0.5, 0.6) is 0 Å². The van der Waals surface area contributed by atoms with Gasteiger partial charge >= 0.3 is 6.03 Å². The van der Waals surface area contributed by atoms with E-state index in [0.717, 1.165) is 5.01 Å². The van der Waals surface area contributed by atoms with Gasteiger partial charge in [-0.1, -0.05) is 6.92 Å². The number of hydrogen-bond acceptors (Lipinski definition) is 5. The second-order valence-corrected chi connectivity index (χ2v) is 6.36. The fourth-order valence-electron chi connectivity index (χ4n) is 2.27. The van der Waals surface area contributed by atoms with E-state index in [1.807, 2.05) is 17.6 Å². The summed E-state index contributed by atoms with van der Waals surface area (Å²) in [6, 6.07) is 5.27. The molecule has 24 heavy (non-hydrogen) atoms. The molecule has 0 aliphatic heterocycles. The van der Waals surface area contributed by atoms with Crippen molar-refractivity contribution in [3.8, 4) is 5.82 Å². The van der Waals surface area contributed by atoms with Crippen LogP contribution in [0, 0.1) is 0 Å². The topological polar surface area (TPSA) is 75.9 Å². The molecule has 1 atom stereocenters. The number of urea groups is 1. The lowest BCUT2D eigenvalue weighted by atomic mass is 10.2. The normalized spacial score (nSPS) is 11.9. The zero-order chi connectivity index (χ0) is 16.9. The van der Waals surface area contributed by atoms with Gasteiger partial charge in [0.1, 0.15) is 0 Å². The number of nitrogens with zero attached hydrogens (tertiary/aromatic N) is 5. The summed E-state index contributed by atoms with van der Waals surface area (Å²) in [5.41, 5.74) is 0.643. The molecule has 3 aromatic heterocycles. The van der Waals surface area contributed by atoms with E-state index in [1.54, 1.807) is 58.7 Å². The number of rotatable bonds is 5. The van der Waals surface area contributed by atoms with Gasteiger partial charge in [-0.15, -0.1) is 11.3 Å². The summed E-state index contributed by atoms with van der Waals surface area (Å²) in [5.74, 6) is 0.893. The number of carbonyl (C=O) groups is 1. The molecule has 0 aliphatic rings. The first-order chi connectivity index (χ1) is 11.6. The minimum atomic E-state index is -0.174. The van der Waals surface area contributed by atoms with Crippen molar-refractivity contribution in [2.45, 2.75) is 12.8 Å². The molecule has 0 fully saturated rings. The van der Waals surface area contributed by atoms with Crippen LogP contribution >= 0.6 is 11.3 Å². The maximum Gasteiger partial charge on any atom is 0.321 e. The number of likely N-dealkylation sites (N-methyl/N-ethyl adjacent to an activating group) is 1. The molecule has 3 heterocycles. The highest BCUT2D eigenvalue weighted by Gasteiger charge is 2.15. The lowest BCUT2D eigenvalue weighted by molar-refractivity contribution is 0.220. The van der Waals surface area contributed by atoms with Gasteiger partial charge in [-0.25, -0.2) is 19.4 Å². The average Bonchev–Trinajstić information content (AvgIpc) is 3.29. The summed E-state index contributed by atoms with van der Waals surface area (Å²) < 4.78 is 1.66. The van der Waals surface area contributed by atoms with Crippen molar-refractivity contribution < 1.29 is 4.79 Å². The monoisotopic (exact) mass is 342 g/mol. The van der Waals surface area contributed by atoms with Crippen molar-refractivity contribution >= 4 is 23.1 Å². The largest absolute Gasteiger partial charge is 0.327 e. The summed E-state index contributed by atoms with van der Waals surface area (Å²) in [7, 11) is 1.77. The molecule has 0 unspecified atom stereocenters. The summed E-state index contributed by atoms with van der Waals surface area (Å²) in [6.45, 7) is 2.65. The maximum atomic E-state index is 12.3. The number of aromatic nitrogens is 4. The number of amides is 2. The van der Waals surface area contributed by atoms with E-state index >= 15 is 0 Å². The van der Waals surface area contributed by atoms with Gasteiger partial charge in [-0.05, 0) is 18.2 Å². The second-order valence-electron chi connectivity index (χ2n) is 5.44. The Morgan fingerprint density at radius 2 is 2.25 bits per heavy atom. The molecule has 124 valence electrons. The second kappa shape index (κ2) is 7.22. The molecule has 7 nitrogen and oxygen atoms in total. The Labute approximate surface area is 144 Å². The molecular weight excluding hydrogens is 324 g/mol. The molecule has 0 aliphatic carbocycles. The molecule has 0 aromatic carbocycles. The van der Waals surface area contributed by atoms with Crippen molar-refractivity contribution in [3.63, 3.8) is 0 Å². The first kappa shape index (κ1) is 16.1. The van der Waals surface area contributed by atoms with Crippen molar-refractivity contribution in [1.29, 1.82) is 0 Å². The number of nitrogens with one attached hydrogen (secondary N) is 1. The highest BCUT2D eigenvalue weighted by Crippen LogP contribution is 2.18. The van der Waals surface area contributed by atoms with Crippen LogP contribution in [-0.4, -0.2) is 44.3 Å². The third-order valence-corrected chi connectivity index (χ3v) is 4.51. The number of hydrogen-bond donors (Lipinski definition) is 1. The molecule has 1 N–H and O–H groups in total. The Balaban J connectivity index is 1.58. The van der Waals surface area contributed by atoms with E-state index in [-0.39, 0.29) is 11.9 Å². The van der Waals surface area contributed by atoms with Crippen LogP contribution in [-0.2, 0) is 0 Å². The zero-order valence-electron chi connectivity index (χ0n) is 13.5. The maximum absolute atomic E-state index is 12.3. The Bertz CT molecular complexity index is 770. The quantitative estimate of drug-likeness (QED) is 0.773. The van der Waals surface area contributed by atoms with Gasteiger partial charge in [0, 0.05) is 43.5 Å². The van der Waals surface area contributed by atoms with E-state index in [2.05, 4.69) is 27.3 Å². The highest BCUT2D eigenvalue weighted by molar-refractivity contribution is 7.09. The molecule has 0 spiro atoms. The standard InChI is InChI=1S/C16H18N6OS/c1-12(15-17-7-9-24-15)11-21(2)16(23)20-13-4-5-14(18-10-13)22-8-3-6-19-22/h3-10,12H,11H2,1-2H3,(H,20,23)/t12-/m1/s1. The van der Waals surface area contributed by atoms with Crippen molar-refractivity contribution in [3.05, 3.63) is 53.4 Å². The van der Waals surface area contributed by atoms with Gasteiger partial charge in [0.15, 0.2) is 5.82 Å². The number of pyridine rings is 1. The highest BCUT2D eigenvalue weighted by atomic mass is 32.1. The van der Waals surface area contributed by atoms with Gasteiger partial charge in [-0.2, -0.15) is 5.10 Å². The van der Waals surface area contributed by atoms with Crippen LogP contribution in [0.15, 0.2) is 48.4 Å². The lowest BCUT2D eigenvalue weighted by Crippen LogP contribution is -2.34. The van der Waals surface area contributed by atoms with Crippen LogP contribution in [0.4, 0.5) is 10.5 Å². The zero-order valence-corrected chi connectivity index (χ0v) is 14.3. The van der Waals surface area contributed by atoms with Gasteiger partial charge in [0.05, 0.1) is 16.9 Å². The van der Waals surface area contributed by atoms with Crippen molar-refractivity contribution in [1.82, 2.24) is 24.6 Å². The number of carbonyl (C=O) groups excluding carboxylic acids is 1. The van der Waals surface area contributed by atoms with Gasteiger partial charge in [0.25, 0.3) is 0 Å². The van der Waals surface area contributed by atoms with E-state index in [4.69, 9.17) is 0 Å². The molecule has 0 bridgehead atoms. The predicted molar refractivity (Wildman–Crippen MR) is 93.5 cm³/mol. The van der Waals surface area contributed by atoms with Crippen molar-refractivity contribution in [2.24, 2.45) is 0 Å². The molecule has 0 saturated carbocycles. The molecule has 0 radical (unpaired) electrons. The molecular formula is C16H18N6OS. The summed E-state index contributed by atoms with van der Waals surface area (Å²) in [4.78, 5) is 22.5. The van der Waals surface area contributed by atoms with Gasteiger partial charge < -0.3 is 10.2 Å². The van der Waals surface area contributed by atoms with Crippen molar-refractivity contribution in [2.75, 3.05) is 18.9 Å². The van der Waals surface area contributed by atoms with E-state index < -0.39 is 0 Å². The van der Waals surface area contributed by atoms with Crippen LogP contribution in [0.3, 0.4) is 0 Å². The minimum absolute atomic E-state index is 0.174. The fraction of sp³-hybridized carbons (Fsp3) is 0.250. The number of thiazole rings is 1. The van der Waals surface area contributed by atoms with E-state index in [0.29, 0.717) is 18.1 Å². The lowest BCUT2D eigenvalue weighted by Gasteiger charge is -2.21. The Kier molecular flexibility index (Phi) is 4.85. The van der Waals surface area contributed by atoms with E-state index in [1.165, 1.54) is 0 Å². The summed E-state index contributed by atoms with van der Waals surface area (Å²) in [5, 5.41) is 9.93. The first-order valence-electron chi connectivity index (χ1n) is 7.51. The molecule has 8 heteroatoms. The van der Waals surface area contributed by atoms with E-state index in [9.17, 15) is 4.79 Å². The third-order valence-electron chi connectivity index (χ3n) is 3.51. The smallest absolute Gasteiger partial charge is 0.321 e. The summed E-state index contributed by atoms with van der Waals surface area (Å²) in [6.07, 6.45) is 6.90. The average molecular weight is 342 g/mol. The number of anilines is 1. The van der Waals surface area contributed by atoms with Gasteiger partial charge in [-0.3, -0.25) is 0 Å². The molecule has 0 saturated heterocycles. The Hall–Kier alpha value is -2.74.